The van der Waals surface area contributed by atoms with Crippen LogP contribution >= 0.6 is 24.8 Å². The number of carbonyl (C=O) groups excluding carboxylic acids is 1. The lowest BCUT2D eigenvalue weighted by atomic mass is 10.0. The number of halogens is 2. The van der Waals surface area contributed by atoms with E-state index in [-0.39, 0.29) is 36.8 Å². The fourth-order valence-corrected chi connectivity index (χ4v) is 2.40. The molecule has 3 N–H and O–H groups in total. The molecule has 1 amide bonds. The zero-order valence-corrected chi connectivity index (χ0v) is 15.6. The maximum absolute atomic E-state index is 12.4. The molecular weight excluding hydrogens is 345 g/mol. The van der Waals surface area contributed by atoms with Crippen LogP contribution in [0.2, 0.25) is 0 Å². The average Bonchev–Trinajstić information content (AvgIpc) is 2.54. The maximum Gasteiger partial charge on any atom is 0.253 e. The Morgan fingerprint density at radius 3 is 2.38 bits per heavy atom. The predicted molar refractivity (Wildman–Crippen MR) is 104 cm³/mol. The molecule has 132 valence electrons. The van der Waals surface area contributed by atoms with Crippen molar-refractivity contribution in [2.75, 3.05) is 6.54 Å². The number of hydrogen-bond acceptors (Lipinski definition) is 3. The van der Waals surface area contributed by atoms with Crippen LogP contribution < -0.4 is 11.1 Å². The van der Waals surface area contributed by atoms with Crippen LogP contribution in [-0.4, -0.2) is 23.5 Å². The molecule has 0 saturated carbocycles. The Balaban J connectivity index is 0.00000264. The van der Waals surface area contributed by atoms with Crippen LogP contribution in [0.5, 0.6) is 0 Å². The van der Waals surface area contributed by atoms with Gasteiger partial charge in [0.05, 0.1) is 5.56 Å². The number of carbonyl (C=O) groups is 1. The van der Waals surface area contributed by atoms with E-state index in [0.29, 0.717) is 18.0 Å². The first kappa shape index (κ1) is 22.4. The zero-order valence-electron chi connectivity index (χ0n) is 13.9. The molecule has 0 bridgehead atoms. The topological polar surface area (TPSA) is 68.0 Å². The Labute approximate surface area is 156 Å². The molecule has 1 heterocycles. The largest absolute Gasteiger partial charge is 0.348 e. The fourth-order valence-electron chi connectivity index (χ4n) is 2.40. The standard InChI is InChI=1S/C18H23N3O.2ClH/c1-13(2)8-17(10-19)21-18(22)16-9-15(11-20-12-16)14-6-4-3-5-7-14;;/h3-7,9,11-13,17H,8,10,19H2,1-2H3,(H,21,22);2*1H. The highest BCUT2D eigenvalue weighted by atomic mass is 35.5. The molecule has 0 fully saturated rings. The minimum Gasteiger partial charge on any atom is -0.348 e. The summed E-state index contributed by atoms with van der Waals surface area (Å²) < 4.78 is 0. The highest BCUT2D eigenvalue weighted by Crippen LogP contribution is 2.18. The average molecular weight is 370 g/mol. The highest BCUT2D eigenvalue weighted by Gasteiger charge is 2.14. The maximum atomic E-state index is 12.4. The van der Waals surface area contributed by atoms with Gasteiger partial charge in [0.15, 0.2) is 0 Å². The van der Waals surface area contributed by atoms with Crippen LogP contribution in [0.3, 0.4) is 0 Å². The van der Waals surface area contributed by atoms with Crippen LogP contribution in [0.4, 0.5) is 0 Å². The zero-order chi connectivity index (χ0) is 15.9. The van der Waals surface area contributed by atoms with Gasteiger partial charge in [-0.05, 0) is 24.0 Å². The Hall–Kier alpha value is -1.62. The number of hydrogen-bond donors (Lipinski definition) is 2. The van der Waals surface area contributed by atoms with Crippen molar-refractivity contribution in [3.05, 3.63) is 54.4 Å². The smallest absolute Gasteiger partial charge is 0.253 e. The van der Waals surface area contributed by atoms with Crippen molar-refractivity contribution in [1.29, 1.82) is 0 Å². The Morgan fingerprint density at radius 1 is 1.12 bits per heavy atom. The predicted octanol–water partition coefficient (Wildman–Crippen LogP) is 3.70. The van der Waals surface area contributed by atoms with E-state index in [9.17, 15) is 4.79 Å². The van der Waals surface area contributed by atoms with Crippen LogP contribution in [0.15, 0.2) is 48.8 Å². The Kier molecular flexibility index (Phi) is 10.3. The summed E-state index contributed by atoms with van der Waals surface area (Å²) >= 11 is 0. The fraction of sp³-hybridized carbons (Fsp3) is 0.333. The first-order valence-electron chi connectivity index (χ1n) is 7.61. The van der Waals surface area contributed by atoms with E-state index in [1.807, 2.05) is 36.4 Å². The molecule has 4 nitrogen and oxygen atoms in total. The van der Waals surface area contributed by atoms with Gasteiger partial charge in [0.25, 0.3) is 5.91 Å². The third-order valence-corrected chi connectivity index (χ3v) is 3.48. The molecular formula is C18H25Cl2N3O. The van der Waals surface area contributed by atoms with Crippen molar-refractivity contribution in [3.63, 3.8) is 0 Å². The van der Waals surface area contributed by atoms with E-state index in [2.05, 4.69) is 24.1 Å². The second-order valence-corrected chi connectivity index (χ2v) is 5.86. The molecule has 0 aliphatic heterocycles. The molecule has 2 rings (SSSR count). The van der Waals surface area contributed by atoms with Crippen LogP contribution in [0, 0.1) is 5.92 Å². The molecule has 2 aromatic rings. The normalized spacial score (nSPS) is 11.2. The highest BCUT2D eigenvalue weighted by molar-refractivity contribution is 5.95. The lowest BCUT2D eigenvalue weighted by Crippen LogP contribution is -2.41. The van der Waals surface area contributed by atoms with Crippen molar-refractivity contribution in [3.8, 4) is 11.1 Å². The van der Waals surface area contributed by atoms with E-state index in [1.165, 1.54) is 0 Å². The quantitative estimate of drug-likeness (QED) is 0.815. The van der Waals surface area contributed by atoms with Crippen molar-refractivity contribution >= 4 is 30.7 Å². The summed E-state index contributed by atoms with van der Waals surface area (Å²) in [4.78, 5) is 16.6. The van der Waals surface area contributed by atoms with Crippen LogP contribution in [0.25, 0.3) is 11.1 Å². The summed E-state index contributed by atoms with van der Waals surface area (Å²) in [6, 6.07) is 11.8. The summed E-state index contributed by atoms with van der Waals surface area (Å²) in [6.45, 7) is 4.68. The first-order chi connectivity index (χ1) is 10.6. The lowest BCUT2D eigenvalue weighted by molar-refractivity contribution is 0.0933. The summed E-state index contributed by atoms with van der Waals surface area (Å²) in [5.74, 6) is 0.365. The SMILES string of the molecule is CC(C)CC(CN)NC(=O)c1cncc(-c2ccccc2)c1.Cl.Cl. The summed E-state index contributed by atoms with van der Waals surface area (Å²) in [5, 5.41) is 2.99. The Bertz CT molecular complexity index is 621. The van der Waals surface area contributed by atoms with Crippen molar-refractivity contribution in [1.82, 2.24) is 10.3 Å². The number of nitrogens with one attached hydrogen (secondary N) is 1. The van der Waals surface area contributed by atoms with Crippen LogP contribution in [-0.2, 0) is 0 Å². The van der Waals surface area contributed by atoms with Gasteiger partial charge in [-0.25, -0.2) is 0 Å². The summed E-state index contributed by atoms with van der Waals surface area (Å²) in [5.41, 5.74) is 8.27. The van der Waals surface area contributed by atoms with E-state index >= 15 is 0 Å². The van der Waals surface area contributed by atoms with Crippen molar-refractivity contribution in [2.24, 2.45) is 11.7 Å². The van der Waals surface area contributed by atoms with Gasteiger partial charge in [0.1, 0.15) is 0 Å². The number of aromatic nitrogens is 1. The third-order valence-electron chi connectivity index (χ3n) is 3.48. The third kappa shape index (κ3) is 6.48. The molecule has 1 unspecified atom stereocenters. The van der Waals surface area contributed by atoms with Gasteiger partial charge < -0.3 is 11.1 Å². The Morgan fingerprint density at radius 2 is 1.79 bits per heavy atom. The van der Waals surface area contributed by atoms with Gasteiger partial charge in [-0.2, -0.15) is 0 Å². The van der Waals surface area contributed by atoms with Crippen LogP contribution in [0.1, 0.15) is 30.6 Å². The molecule has 1 aromatic carbocycles. The molecule has 0 aliphatic carbocycles. The molecule has 1 atom stereocenters. The molecule has 1 aromatic heterocycles. The lowest BCUT2D eigenvalue weighted by Gasteiger charge is -2.18. The molecule has 0 aliphatic rings. The summed E-state index contributed by atoms with van der Waals surface area (Å²) in [7, 11) is 0. The molecule has 0 saturated heterocycles. The number of rotatable bonds is 6. The van der Waals surface area contributed by atoms with Gasteiger partial charge in [0, 0.05) is 30.5 Å². The second kappa shape index (κ2) is 11.0. The number of amides is 1. The van der Waals surface area contributed by atoms with E-state index in [1.54, 1.807) is 12.4 Å². The number of nitrogens with zero attached hydrogens (tertiary/aromatic N) is 1. The molecule has 0 spiro atoms. The van der Waals surface area contributed by atoms with E-state index in [0.717, 1.165) is 17.5 Å². The number of benzene rings is 1. The molecule has 0 radical (unpaired) electrons. The molecule has 6 heteroatoms. The van der Waals surface area contributed by atoms with Gasteiger partial charge in [-0.15, -0.1) is 24.8 Å². The molecule has 24 heavy (non-hydrogen) atoms. The number of pyridine rings is 1. The van der Waals surface area contributed by atoms with Gasteiger partial charge in [0.2, 0.25) is 0 Å². The summed E-state index contributed by atoms with van der Waals surface area (Å²) in [6.07, 6.45) is 4.22. The van der Waals surface area contributed by atoms with E-state index < -0.39 is 0 Å². The minimum absolute atomic E-state index is 0. The van der Waals surface area contributed by atoms with Crippen molar-refractivity contribution < 1.29 is 4.79 Å². The number of nitrogens with two attached hydrogens (primary N) is 1. The first-order valence-corrected chi connectivity index (χ1v) is 7.61. The van der Waals surface area contributed by atoms with Gasteiger partial charge in [-0.3, -0.25) is 9.78 Å². The monoisotopic (exact) mass is 369 g/mol. The minimum atomic E-state index is -0.124. The van der Waals surface area contributed by atoms with Gasteiger partial charge >= 0.3 is 0 Å². The van der Waals surface area contributed by atoms with Crippen molar-refractivity contribution in [2.45, 2.75) is 26.3 Å². The van der Waals surface area contributed by atoms with Gasteiger partial charge in [-0.1, -0.05) is 44.2 Å². The second-order valence-electron chi connectivity index (χ2n) is 5.86. The van der Waals surface area contributed by atoms with E-state index in [4.69, 9.17) is 5.73 Å².